The summed E-state index contributed by atoms with van der Waals surface area (Å²) in [5, 5.41) is 8.82. The molecule has 0 radical (unpaired) electrons. The van der Waals surface area contributed by atoms with Crippen LogP contribution in [0.25, 0.3) is 0 Å². The van der Waals surface area contributed by atoms with E-state index in [9.17, 15) is 41.9 Å². The number of halogens is 3. The molecule has 0 aromatic carbocycles. The Morgan fingerprint density at radius 1 is 0.676 bits per heavy atom. The van der Waals surface area contributed by atoms with Crippen LogP contribution in [-0.4, -0.2) is 284 Å². The van der Waals surface area contributed by atoms with Crippen molar-refractivity contribution in [2.75, 3.05) is 96.3 Å². The van der Waals surface area contributed by atoms with Gasteiger partial charge in [-0.2, -0.15) is 13.2 Å². The molecule has 3 aliphatic carbocycles. The highest BCUT2D eigenvalue weighted by atomic mass is 19.4. The molecule has 13 atom stereocenters. The number of likely N-dealkylation sites (N-methyl/N-ethyl adjacent to an activating group) is 7. The fourth-order valence-electron chi connectivity index (χ4n) is 17.2. The fourth-order valence-corrected chi connectivity index (χ4v) is 17.2. The van der Waals surface area contributed by atoms with Crippen molar-refractivity contribution >= 4 is 70.9 Å². The third-order valence-electron chi connectivity index (χ3n) is 23.8. The molecule has 594 valence electrons. The molecule has 105 heavy (non-hydrogen) atoms. The van der Waals surface area contributed by atoms with Crippen molar-refractivity contribution in [3.63, 3.8) is 0 Å². The van der Waals surface area contributed by atoms with Gasteiger partial charge in [-0.15, -0.1) is 0 Å². The second kappa shape index (κ2) is 37.8. The van der Waals surface area contributed by atoms with E-state index in [1.54, 1.807) is 26.8 Å². The van der Waals surface area contributed by atoms with Crippen LogP contribution in [0.3, 0.4) is 0 Å². The number of hydrogen-bond donors (Lipinski definition) is 3. The van der Waals surface area contributed by atoms with Gasteiger partial charge in [0.25, 0.3) is 0 Å². The van der Waals surface area contributed by atoms with Gasteiger partial charge in [-0.05, 0) is 113 Å². The monoisotopic (exact) mass is 1490 g/mol. The lowest BCUT2D eigenvalue weighted by atomic mass is 9.58. The van der Waals surface area contributed by atoms with Crippen LogP contribution >= 0.6 is 0 Å². The zero-order valence-electron chi connectivity index (χ0n) is 65.9. The molecule has 2 saturated heterocycles. The molecule has 3 aliphatic heterocycles. The van der Waals surface area contributed by atoms with Crippen LogP contribution in [0.2, 0.25) is 0 Å². The summed E-state index contributed by atoms with van der Waals surface area (Å²) in [6, 6.07) is -10.2. The van der Waals surface area contributed by atoms with Crippen molar-refractivity contribution < 1.29 is 80.2 Å². The summed E-state index contributed by atoms with van der Waals surface area (Å²) < 4.78 is 54.5. The molecule has 26 nitrogen and oxygen atoms in total. The minimum atomic E-state index is -4.52. The predicted molar refractivity (Wildman–Crippen MR) is 388 cm³/mol. The second-order valence-corrected chi connectivity index (χ2v) is 32.2. The lowest BCUT2D eigenvalue weighted by molar-refractivity contribution is -0.215. The van der Waals surface area contributed by atoms with Crippen molar-refractivity contribution in [2.45, 2.75) is 263 Å². The Morgan fingerprint density at radius 2 is 1.30 bits per heavy atom. The quantitative estimate of drug-likeness (QED) is 0.164. The molecule has 29 heteroatoms. The number of alkyl halides is 3. The summed E-state index contributed by atoms with van der Waals surface area (Å²) in [6.07, 6.45) is 1.81. The maximum Gasteiger partial charge on any atom is 0.394 e. The van der Waals surface area contributed by atoms with Crippen LogP contribution in [0.5, 0.6) is 0 Å². The zero-order chi connectivity index (χ0) is 78.5. The fraction of sp³-hybridized carbons (Fsp3) is 0.816. The van der Waals surface area contributed by atoms with E-state index >= 15 is 28.8 Å². The number of carbonyl (C=O) groups is 12. The maximum absolute atomic E-state index is 15.8. The van der Waals surface area contributed by atoms with E-state index in [2.05, 4.69) is 22.9 Å². The van der Waals surface area contributed by atoms with Gasteiger partial charge in [-0.25, -0.2) is 0 Å². The molecule has 3 N–H and O–H groups in total. The molecule has 5 fully saturated rings. The van der Waals surface area contributed by atoms with E-state index in [1.165, 1.54) is 103 Å². The number of methoxy groups -OCH3 is 1. The first-order valence-electron chi connectivity index (χ1n) is 38.4. The molecule has 1 spiro atoms. The van der Waals surface area contributed by atoms with Crippen molar-refractivity contribution in [1.82, 2.24) is 60.0 Å². The Balaban J connectivity index is 1.49. The van der Waals surface area contributed by atoms with Gasteiger partial charge in [0.15, 0.2) is 0 Å². The SMILES string of the molecule is CCO[C@@H]1C[C@H]2C(=O)NC3(CC(C)(C)C3)C(=O)N(C)[C@@H](C(CC)CC)C(=O)N(C)[C@H](C(=O)N(C)C)CC(=O)N(C)[C@@H](CC)C(=O)N[C@@H]([C@@H](C)CC)C(=O)N(C)CC(=O)N(C)[C@H]3C/C=C\CCN(C3=O)[C@@H](CC3CCC(C)CC3)C(=O)N(C)CC(=O)N[C@@H](CCC3CCC(C(F)(F)F)C(OC)C3)C(=O)N2C1. The summed E-state index contributed by atoms with van der Waals surface area (Å²) >= 11 is 0. The largest absolute Gasteiger partial charge is 0.394 e. The van der Waals surface area contributed by atoms with E-state index in [4.69, 9.17) is 9.47 Å². The highest BCUT2D eigenvalue weighted by Crippen LogP contribution is 2.50. The summed E-state index contributed by atoms with van der Waals surface area (Å²) in [5.74, 6) is -10.7. The highest BCUT2D eigenvalue weighted by molar-refractivity contribution is 6.01. The Bertz CT molecular complexity index is 3100. The third kappa shape index (κ3) is 21.3. The Morgan fingerprint density at radius 3 is 1.88 bits per heavy atom. The maximum atomic E-state index is 15.8. The Hall–Kier alpha value is -6.91. The van der Waals surface area contributed by atoms with Crippen LogP contribution in [0.1, 0.15) is 191 Å². The molecule has 0 aromatic heterocycles. The number of fused-ring (bicyclic) bond motifs is 3. The summed E-state index contributed by atoms with van der Waals surface area (Å²) in [6.45, 7) is 15.7. The minimum Gasteiger partial charge on any atom is -0.381 e. The molecule has 12 amide bonds. The number of ether oxygens (including phenoxy) is 2. The standard InChI is InChI=1S/C76H125F3N12O14/c1-19-47(7)63-71(101)85(13)43-62(94)87(15)55-27-25-24-26-36-90(70(55)100)58(37-48-30-28-46(6)29-31-48)69(99)84(12)42-60(92)80-53(35-33-49-32-34-52(76(77,78)79)59(38-49)104-18)67(97)91-41-51(105-23-5)39-56(91)66(96)82-75(44-74(8,9)45-75)73(103)89(17)64(50(20-2)21-3)72(102)88(16)57(68(98)83(10)11)40-61(93)86(14)54(22-4)65(95)81-63/h24-25,46-59,63-64H,19-23,26-45H2,1-18H3,(H,80,92)(H,81,95)(H,82,96)/b25-24-/t46?,47-,48?,49?,51+,52?,53-,54-,55-,56-,57-,58-,59?,63-,64-/m0/s1. The van der Waals surface area contributed by atoms with Crippen molar-refractivity contribution in [3.8, 4) is 0 Å². The normalized spacial score (nSPS) is 31.2. The lowest BCUT2D eigenvalue weighted by Crippen LogP contribution is -2.71. The number of nitrogens with zero attached hydrogens (tertiary/aromatic N) is 9. The highest BCUT2D eigenvalue weighted by Gasteiger charge is 2.59. The van der Waals surface area contributed by atoms with E-state index < -0.39 is 192 Å². The first-order valence-corrected chi connectivity index (χ1v) is 38.4. The van der Waals surface area contributed by atoms with Crippen molar-refractivity contribution in [1.29, 1.82) is 0 Å². The second-order valence-electron chi connectivity index (χ2n) is 32.2. The average Bonchev–Trinajstić information content (AvgIpc) is 1.29. The topological polar surface area (TPSA) is 289 Å². The van der Waals surface area contributed by atoms with Gasteiger partial charge in [0.1, 0.15) is 53.9 Å². The Labute approximate surface area is 621 Å². The molecule has 3 saturated carbocycles. The van der Waals surface area contributed by atoms with Crippen molar-refractivity contribution in [3.05, 3.63) is 12.2 Å². The van der Waals surface area contributed by atoms with Gasteiger partial charge in [0.05, 0.1) is 37.6 Å². The molecular weight excluding hydrogens is 1360 g/mol. The van der Waals surface area contributed by atoms with Gasteiger partial charge < -0.3 is 69.5 Å². The number of hydrogen-bond acceptors (Lipinski definition) is 14. The number of amides is 12. The smallest absolute Gasteiger partial charge is 0.381 e. The zero-order valence-corrected chi connectivity index (χ0v) is 65.9. The van der Waals surface area contributed by atoms with Crippen LogP contribution in [0.4, 0.5) is 13.2 Å². The third-order valence-corrected chi connectivity index (χ3v) is 23.8. The lowest BCUT2D eigenvalue weighted by Gasteiger charge is -2.54. The van der Waals surface area contributed by atoms with Gasteiger partial charge in [-0.3, -0.25) is 57.5 Å². The number of carbonyl (C=O) groups excluding carboxylic acids is 12. The molecule has 0 aromatic rings. The van der Waals surface area contributed by atoms with Crippen LogP contribution < -0.4 is 16.0 Å². The Kier molecular flexibility index (Phi) is 31.3. The van der Waals surface area contributed by atoms with E-state index in [0.29, 0.717) is 31.6 Å². The van der Waals surface area contributed by atoms with Gasteiger partial charge in [-0.1, -0.05) is 112 Å². The summed E-state index contributed by atoms with van der Waals surface area (Å²) in [4.78, 5) is 193. The molecule has 3 heterocycles. The van der Waals surface area contributed by atoms with Gasteiger partial charge >= 0.3 is 6.18 Å². The summed E-state index contributed by atoms with van der Waals surface area (Å²) in [5.41, 5.74) is -2.20. The molecule has 2 bridgehead atoms. The first-order chi connectivity index (χ1) is 49.2. The molecule has 6 aliphatic rings. The van der Waals surface area contributed by atoms with E-state index in [0.717, 1.165) is 30.6 Å². The molecular formula is C76H125F3N12O14. The van der Waals surface area contributed by atoms with Crippen molar-refractivity contribution in [2.24, 2.45) is 40.9 Å². The predicted octanol–water partition coefficient (Wildman–Crippen LogP) is 5.78. The first kappa shape index (κ1) is 87.0. The minimum absolute atomic E-state index is 0.00709. The number of rotatable bonds is 15. The van der Waals surface area contributed by atoms with Crippen LogP contribution in [0.15, 0.2) is 12.2 Å². The molecule has 6 rings (SSSR count). The van der Waals surface area contributed by atoms with E-state index in [1.807, 2.05) is 40.7 Å². The van der Waals surface area contributed by atoms with Crippen LogP contribution in [0, 0.1) is 40.9 Å². The van der Waals surface area contributed by atoms with Crippen LogP contribution in [-0.2, 0) is 67.0 Å². The molecule has 3 unspecified atom stereocenters. The van der Waals surface area contributed by atoms with E-state index in [-0.39, 0.29) is 96.2 Å². The van der Waals surface area contributed by atoms with Gasteiger partial charge in [0, 0.05) is 89.6 Å². The summed E-state index contributed by atoms with van der Waals surface area (Å²) in [7, 11) is 12.7. The number of nitrogens with one attached hydrogen (secondary N) is 3. The van der Waals surface area contributed by atoms with Gasteiger partial charge in [0.2, 0.25) is 70.9 Å². The average molecular weight is 1490 g/mol.